The highest BCUT2D eigenvalue weighted by Crippen LogP contribution is 2.45. The van der Waals surface area contributed by atoms with E-state index in [-0.39, 0.29) is 23.5 Å². The smallest absolute Gasteiger partial charge is 0.274 e. The van der Waals surface area contributed by atoms with Crippen LogP contribution in [0.3, 0.4) is 0 Å². The fraction of sp³-hybridized carbons (Fsp3) is 0.0968. The highest BCUT2D eigenvalue weighted by molar-refractivity contribution is 6.19. The number of H-pyrrole nitrogens is 2. The Morgan fingerprint density at radius 2 is 1.59 bits per heavy atom. The van der Waals surface area contributed by atoms with Gasteiger partial charge in [0.15, 0.2) is 0 Å². The maximum atomic E-state index is 13.7. The van der Waals surface area contributed by atoms with E-state index >= 15 is 0 Å². The first kappa shape index (κ1) is 23.4. The van der Waals surface area contributed by atoms with Crippen molar-refractivity contribution >= 4 is 67.4 Å². The molecule has 0 saturated heterocycles. The Kier molecular flexibility index (Phi) is 5.35. The first-order chi connectivity index (χ1) is 19.0. The lowest BCUT2D eigenvalue weighted by atomic mass is 9.95. The maximum Gasteiger partial charge on any atom is 0.274 e. The van der Waals surface area contributed by atoms with Gasteiger partial charge >= 0.3 is 0 Å². The Balaban J connectivity index is 1.19. The van der Waals surface area contributed by atoms with Gasteiger partial charge in [-0.25, -0.2) is 0 Å². The number of fused-ring (bicyclic) bond motifs is 5. The number of anilines is 2. The number of rotatable bonds is 4. The number of aromatic amines is 2. The number of para-hydroxylation sites is 1. The van der Waals surface area contributed by atoms with Crippen molar-refractivity contribution in [1.29, 1.82) is 0 Å². The quantitative estimate of drug-likeness (QED) is 0.188. The zero-order chi connectivity index (χ0) is 26.7. The van der Waals surface area contributed by atoms with E-state index in [9.17, 15) is 14.7 Å². The summed E-state index contributed by atoms with van der Waals surface area (Å²) in [5.41, 5.74) is 4.83. The monoisotopic (exact) mass is 534 g/mol. The minimum atomic E-state index is -0.245. The van der Waals surface area contributed by atoms with Crippen molar-refractivity contribution in [2.45, 2.75) is 5.92 Å². The Hall–Kier alpha value is -4.75. The molecular weight excluding hydrogens is 512 g/mol. The molecule has 39 heavy (non-hydrogen) atoms. The van der Waals surface area contributed by atoms with Crippen molar-refractivity contribution in [3.63, 3.8) is 0 Å². The maximum absolute atomic E-state index is 13.7. The van der Waals surface area contributed by atoms with Crippen LogP contribution >= 0.6 is 11.6 Å². The molecule has 0 bridgehead atoms. The van der Waals surface area contributed by atoms with Gasteiger partial charge in [0.1, 0.15) is 17.1 Å². The molecule has 4 aromatic carbocycles. The minimum absolute atomic E-state index is 0.0491. The molecule has 192 valence electrons. The lowest BCUT2D eigenvalue weighted by Gasteiger charge is -2.17. The van der Waals surface area contributed by atoms with Crippen molar-refractivity contribution in [2.24, 2.45) is 0 Å². The van der Waals surface area contributed by atoms with Gasteiger partial charge in [-0.05, 0) is 47.3 Å². The standard InChI is InChI=1S/C31H23ClN4O3/c32-15-19-16-36(27-14-28(37)21-6-2-3-7-22(21)29(19)27)31(39)26-13-18-11-20(9-10-24(18)35-26)33-30(38)25-12-17-5-1-4-8-23(17)34-25/h1-14,19,34-35,37H,15-16H2,(H,33,38)/t19-/m1/s1. The van der Waals surface area contributed by atoms with Crippen LogP contribution in [0.2, 0.25) is 0 Å². The van der Waals surface area contributed by atoms with E-state index in [4.69, 9.17) is 11.6 Å². The van der Waals surface area contributed by atoms with Crippen LogP contribution in [0.25, 0.3) is 32.6 Å². The molecule has 7 rings (SSSR count). The van der Waals surface area contributed by atoms with Crippen LogP contribution in [0.15, 0.2) is 84.9 Å². The number of aromatic nitrogens is 2. The van der Waals surface area contributed by atoms with Crippen molar-refractivity contribution < 1.29 is 14.7 Å². The molecule has 3 heterocycles. The Morgan fingerprint density at radius 3 is 2.41 bits per heavy atom. The van der Waals surface area contributed by atoms with Gasteiger partial charge in [-0.1, -0.05) is 42.5 Å². The number of nitrogens with zero attached hydrogens (tertiary/aromatic N) is 1. The Labute approximate surface area is 228 Å². The second-order valence-electron chi connectivity index (χ2n) is 9.85. The summed E-state index contributed by atoms with van der Waals surface area (Å²) in [7, 11) is 0. The Morgan fingerprint density at radius 1 is 0.872 bits per heavy atom. The number of aromatic hydroxyl groups is 1. The highest BCUT2D eigenvalue weighted by Gasteiger charge is 2.35. The molecule has 0 radical (unpaired) electrons. The molecule has 0 saturated carbocycles. The Bertz CT molecular complexity index is 1910. The summed E-state index contributed by atoms with van der Waals surface area (Å²) in [6.07, 6.45) is 0. The number of amides is 2. The number of nitrogens with one attached hydrogen (secondary N) is 3. The molecule has 4 N–H and O–H groups in total. The summed E-state index contributed by atoms with van der Waals surface area (Å²) in [6.45, 7) is 0.423. The number of phenols is 1. The molecule has 0 spiro atoms. The van der Waals surface area contributed by atoms with Gasteiger partial charge in [0.25, 0.3) is 11.8 Å². The number of carbonyl (C=O) groups is 2. The SMILES string of the molecule is O=C(Nc1ccc2[nH]c(C(=O)N3C[C@@H](CCl)c4c3cc(O)c3ccccc43)cc2c1)c1cc2ccccc2[nH]1. The highest BCUT2D eigenvalue weighted by atomic mass is 35.5. The number of alkyl halides is 1. The molecule has 7 nitrogen and oxygen atoms in total. The van der Waals surface area contributed by atoms with E-state index in [0.29, 0.717) is 35.2 Å². The molecule has 1 aliphatic rings. The zero-order valence-corrected chi connectivity index (χ0v) is 21.4. The lowest BCUT2D eigenvalue weighted by Crippen LogP contribution is -2.30. The zero-order valence-electron chi connectivity index (χ0n) is 20.7. The summed E-state index contributed by atoms with van der Waals surface area (Å²) >= 11 is 6.34. The molecular formula is C31H23ClN4O3. The first-order valence-corrected chi connectivity index (χ1v) is 13.2. The molecule has 8 heteroatoms. The number of carbonyl (C=O) groups excluding carboxylic acids is 2. The predicted molar refractivity (Wildman–Crippen MR) is 155 cm³/mol. The van der Waals surface area contributed by atoms with Crippen molar-refractivity contribution in [3.05, 3.63) is 102 Å². The largest absolute Gasteiger partial charge is 0.507 e. The topological polar surface area (TPSA) is 101 Å². The van der Waals surface area contributed by atoms with Crippen molar-refractivity contribution in [2.75, 3.05) is 22.6 Å². The van der Waals surface area contributed by atoms with E-state index in [2.05, 4.69) is 15.3 Å². The third-order valence-electron chi connectivity index (χ3n) is 7.46. The van der Waals surface area contributed by atoms with E-state index < -0.39 is 0 Å². The number of phenolic OH excluding ortho intramolecular Hbond substituents is 1. The van der Waals surface area contributed by atoms with Crippen molar-refractivity contribution in [3.8, 4) is 5.75 Å². The summed E-state index contributed by atoms with van der Waals surface area (Å²) in [4.78, 5) is 34.6. The van der Waals surface area contributed by atoms with Gasteiger partial charge in [0, 0.05) is 57.3 Å². The molecule has 0 aliphatic carbocycles. The van der Waals surface area contributed by atoms with Crippen LogP contribution in [-0.2, 0) is 0 Å². The van der Waals surface area contributed by atoms with Crippen LogP contribution in [0.4, 0.5) is 11.4 Å². The minimum Gasteiger partial charge on any atom is -0.507 e. The van der Waals surface area contributed by atoms with E-state index in [1.807, 2.05) is 66.7 Å². The molecule has 2 aromatic heterocycles. The van der Waals surface area contributed by atoms with E-state index in [1.54, 1.807) is 23.1 Å². The van der Waals surface area contributed by atoms with E-state index in [0.717, 1.165) is 38.1 Å². The van der Waals surface area contributed by atoms with Crippen LogP contribution in [0.5, 0.6) is 5.75 Å². The molecule has 2 amide bonds. The summed E-state index contributed by atoms with van der Waals surface area (Å²) in [5, 5.41) is 17.0. The van der Waals surface area contributed by atoms with E-state index in [1.165, 1.54) is 0 Å². The average Bonchev–Trinajstić information content (AvgIpc) is 3.67. The summed E-state index contributed by atoms with van der Waals surface area (Å²) < 4.78 is 0. The molecule has 1 aliphatic heterocycles. The number of hydrogen-bond acceptors (Lipinski definition) is 3. The second kappa shape index (κ2) is 8.92. The first-order valence-electron chi connectivity index (χ1n) is 12.6. The van der Waals surface area contributed by atoms with Gasteiger partial charge in [-0.3, -0.25) is 9.59 Å². The second-order valence-corrected chi connectivity index (χ2v) is 10.2. The summed E-state index contributed by atoms with van der Waals surface area (Å²) in [5.74, 6) is -0.0162. The van der Waals surface area contributed by atoms with Crippen LogP contribution in [0, 0.1) is 0 Å². The molecule has 0 fully saturated rings. The summed E-state index contributed by atoms with van der Waals surface area (Å²) in [6, 6.07) is 26.1. The molecule has 0 unspecified atom stereocenters. The molecule has 1 atom stereocenters. The lowest BCUT2D eigenvalue weighted by molar-refractivity contribution is 0.0983. The fourth-order valence-corrected chi connectivity index (χ4v) is 5.86. The third-order valence-corrected chi connectivity index (χ3v) is 7.83. The average molecular weight is 535 g/mol. The van der Waals surface area contributed by atoms with Gasteiger partial charge in [0.05, 0.1) is 5.69 Å². The fourth-order valence-electron chi connectivity index (χ4n) is 5.61. The van der Waals surface area contributed by atoms with Crippen LogP contribution < -0.4 is 10.2 Å². The third kappa shape index (κ3) is 3.82. The van der Waals surface area contributed by atoms with Gasteiger partial charge in [0.2, 0.25) is 0 Å². The van der Waals surface area contributed by atoms with Gasteiger partial charge in [-0.2, -0.15) is 0 Å². The normalized spacial score (nSPS) is 14.8. The molecule has 6 aromatic rings. The van der Waals surface area contributed by atoms with Gasteiger partial charge in [-0.15, -0.1) is 11.6 Å². The van der Waals surface area contributed by atoms with Gasteiger partial charge < -0.3 is 25.3 Å². The number of halogens is 1. The van der Waals surface area contributed by atoms with Crippen LogP contribution in [-0.4, -0.2) is 39.3 Å². The van der Waals surface area contributed by atoms with Crippen LogP contribution in [0.1, 0.15) is 32.5 Å². The predicted octanol–water partition coefficient (Wildman–Crippen LogP) is 6.74. The number of hydrogen-bond donors (Lipinski definition) is 4. The number of benzene rings is 4. The van der Waals surface area contributed by atoms with Crippen molar-refractivity contribution in [1.82, 2.24) is 9.97 Å².